The molecule has 0 aliphatic rings. The van der Waals surface area contributed by atoms with Gasteiger partial charge in [-0.2, -0.15) is 18.3 Å². The maximum absolute atomic E-state index is 12.8. The molecule has 0 saturated heterocycles. The molecule has 0 bridgehead atoms. The molecule has 3 atom stereocenters. The predicted octanol–water partition coefficient (Wildman–Crippen LogP) is 0.0863. The average Bonchev–Trinajstić information content (AvgIpc) is 2.51. The minimum absolute atomic E-state index is 0.531. The smallest absolute Gasteiger partial charge is 0.394 e. The molecule has 0 spiro atoms. The van der Waals surface area contributed by atoms with Gasteiger partial charge in [-0.3, -0.25) is 15.5 Å². The van der Waals surface area contributed by atoms with Crippen LogP contribution in [0.15, 0.2) is 23.3 Å². The summed E-state index contributed by atoms with van der Waals surface area (Å²) in [6, 6.07) is 2.42. The maximum Gasteiger partial charge on any atom is 0.423 e. The normalized spacial score (nSPS) is 16.0. The molecule has 5 N–H and O–H groups in total. The van der Waals surface area contributed by atoms with Crippen LogP contribution in [-0.4, -0.2) is 56.5 Å². The van der Waals surface area contributed by atoms with E-state index in [2.05, 4.69) is 5.10 Å². The van der Waals surface area contributed by atoms with E-state index in [-0.39, 0.29) is 0 Å². The first-order valence-electron chi connectivity index (χ1n) is 6.38. The Morgan fingerprint density at radius 2 is 1.96 bits per heavy atom. The zero-order valence-corrected chi connectivity index (χ0v) is 11.9. The van der Waals surface area contributed by atoms with Gasteiger partial charge in [0, 0.05) is 0 Å². The Hall–Kier alpha value is -2.28. The summed E-state index contributed by atoms with van der Waals surface area (Å²) in [5, 5.41) is 50.7. The zero-order valence-electron chi connectivity index (χ0n) is 11.9. The van der Waals surface area contributed by atoms with Crippen molar-refractivity contribution in [2.45, 2.75) is 24.5 Å². The largest absolute Gasteiger partial charge is 0.423 e. The Morgan fingerprint density at radius 1 is 1.33 bits per heavy atom. The van der Waals surface area contributed by atoms with Gasteiger partial charge in [-0.1, -0.05) is 6.07 Å². The molecule has 0 aromatic heterocycles. The second-order valence-electron chi connectivity index (χ2n) is 4.58. The number of hydrogen-bond donors (Lipinski definition) is 5. The first-order valence-corrected chi connectivity index (χ1v) is 6.38. The number of para-hydroxylation sites is 1. The van der Waals surface area contributed by atoms with Crippen molar-refractivity contribution in [2.24, 2.45) is 5.10 Å². The number of hydrazone groups is 1. The quantitative estimate of drug-likeness (QED) is 0.265. The highest BCUT2D eigenvalue weighted by Crippen LogP contribution is 2.39. The van der Waals surface area contributed by atoms with Crippen molar-refractivity contribution in [3.63, 3.8) is 0 Å². The molecule has 1 rings (SSSR count). The van der Waals surface area contributed by atoms with Gasteiger partial charge in [-0.05, 0) is 12.1 Å². The third-order valence-corrected chi connectivity index (χ3v) is 2.87. The predicted molar refractivity (Wildman–Crippen MR) is 75.3 cm³/mol. The van der Waals surface area contributed by atoms with E-state index >= 15 is 0 Å². The number of aliphatic hydroxyl groups is 4. The number of nitro benzene ring substituents is 1. The van der Waals surface area contributed by atoms with E-state index in [0.717, 1.165) is 12.1 Å². The molecule has 12 heteroatoms. The first kappa shape index (κ1) is 19.8. The van der Waals surface area contributed by atoms with E-state index in [1.54, 1.807) is 0 Å². The van der Waals surface area contributed by atoms with E-state index in [1.165, 1.54) is 0 Å². The molecule has 134 valence electrons. The third-order valence-electron chi connectivity index (χ3n) is 2.87. The van der Waals surface area contributed by atoms with Crippen molar-refractivity contribution in [2.75, 3.05) is 12.0 Å². The minimum atomic E-state index is -4.95. The third kappa shape index (κ3) is 4.86. The van der Waals surface area contributed by atoms with Crippen LogP contribution in [0.4, 0.5) is 24.5 Å². The second kappa shape index (κ2) is 8.01. The van der Waals surface area contributed by atoms with E-state index < -0.39 is 53.0 Å². The number of nitro groups is 1. The van der Waals surface area contributed by atoms with Crippen molar-refractivity contribution in [3.05, 3.63) is 33.9 Å². The van der Waals surface area contributed by atoms with E-state index in [1.807, 2.05) is 5.43 Å². The fourth-order valence-electron chi connectivity index (χ4n) is 1.67. The summed E-state index contributed by atoms with van der Waals surface area (Å²) < 4.78 is 38.3. The Balaban J connectivity index is 3.00. The van der Waals surface area contributed by atoms with Crippen molar-refractivity contribution in [3.8, 4) is 0 Å². The standard InChI is InChI=1S/C12H14F3N3O6/c13-12(14,15)6-2-1-3-7(10(6)18(23)24)17-16-4-8(20)11(22)9(21)5-19/h1-4,8-9,11,17,19-22H,5H2/b16-4+/t8-,9-,11+/m0/s1. The van der Waals surface area contributed by atoms with E-state index in [9.17, 15) is 33.5 Å². The monoisotopic (exact) mass is 353 g/mol. The molecule has 24 heavy (non-hydrogen) atoms. The molecule has 0 unspecified atom stereocenters. The van der Waals surface area contributed by atoms with Crippen molar-refractivity contribution in [1.82, 2.24) is 0 Å². The number of anilines is 1. The lowest BCUT2D eigenvalue weighted by molar-refractivity contribution is -0.387. The summed E-state index contributed by atoms with van der Waals surface area (Å²) >= 11 is 0. The lowest BCUT2D eigenvalue weighted by Crippen LogP contribution is -2.40. The number of rotatable bonds is 7. The van der Waals surface area contributed by atoms with E-state index in [0.29, 0.717) is 12.3 Å². The average molecular weight is 353 g/mol. The van der Waals surface area contributed by atoms with Gasteiger partial charge in [0.2, 0.25) is 0 Å². The van der Waals surface area contributed by atoms with Gasteiger partial charge in [0.1, 0.15) is 29.6 Å². The van der Waals surface area contributed by atoms with Crippen LogP contribution in [0.5, 0.6) is 0 Å². The number of nitrogens with zero attached hydrogens (tertiary/aromatic N) is 2. The minimum Gasteiger partial charge on any atom is -0.394 e. The van der Waals surface area contributed by atoms with Crippen molar-refractivity contribution < 1.29 is 38.5 Å². The maximum atomic E-state index is 12.8. The van der Waals surface area contributed by atoms with Gasteiger partial charge in [0.05, 0.1) is 17.7 Å². The zero-order chi connectivity index (χ0) is 18.5. The Kier molecular flexibility index (Phi) is 6.60. The highest BCUT2D eigenvalue weighted by molar-refractivity contribution is 5.69. The van der Waals surface area contributed by atoms with Gasteiger partial charge < -0.3 is 20.4 Å². The van der Waals surface area contributed by atoms with Crippen LogP contribution < -0.4 is 5.43 Å². The lowest BCUT2D eigenvalue weighted by Gasteiger charge is -2.18. The fraction of sp³-hybridized carbons (Fsp3) is 0.417. The Labute approximate surface area is 132 Å². The molecule has 1 aromatic rings. The number of hydrogen-bond acceptors (Lipinski definition) is 8. The second-order valence-corrected chi connectivity index (χ2v) is 4.58. The molecule has 9 nitrogen and oxygen atoms in total. The summed E-state index contributed by atoms with van der Waals surface area (Å²) in [7, 11) is 0. The highest BCUT2D eigenvalue weighted by Gasteiger charge is 2.39. The topological polar surface area (TPSA) is 148 Å². The van der Waals surface area contributed by atoms with Gasteiger partial charge in [0.25, 0.3) is 0 Å². The van der Waals surface area contributed by atoms with Crippen LogP contribution in [0.2, 0.25) is 0 Å². The summed E-state index contributed by atoms with van der Waals surface area (Å²) in [6.45, 7) is -0.849. The summed E-state index contributed by atoms with van der Waals surface area (Å²) in [5.74, 6) is 0. The highest BCUT2D eigenvalue weighted by atomic mass is 19.4. The number of aliphatic hydroxyl groups excluding tert-OH is 4. The SMILES string of the molecule is O=[N+]([O-])c1c(N/N=C/[C@H](O)[C@@H](O)[C@@H](O)CO)cccc1C(F)(F)F. The molecular formula is C12H14F3N3O6. The molecule has 0 radical (unpaired) electrons. The lowest BCUT2D eigenvalue weighted by atomic mass is 10.1. The number of benzene rings is 1. The summed E-state index contributed by atoms with van der Waals surface area (Å²) in [4.78, 5) is 9.65. The molecular weight excluding hydrogens is 339 g/mol. The molecule has 0 saturated carbocycles. The molecule has 0 amide bonds. The van der Waals surface area contributed by atoms with Gasteiger partial charge in [-0.25, -0.2) is 0 Å². The van der Waals surface area contributed by atoms with Crippen LogP contribution in [0.3, 0.4) is 0 Å². The molecule has 0 fully saturated rings. The van der Waals surface area contributed by atoms with E-state index in [4.69, 9.17) is 10.2 Å². The Bertz CT molecular complexity index is 610. The molecule has 0 aliphatic heterocycles. The van der Waals surface area contributed by atoms with Crippen LogP contribution in [0, 0.1) is 10.1 Å². The van der Waals surface area contributed by atoms with Crippen molar-refractivity contribution >= 4 is 17.6 Å². The van der Waals surface area contributed by atoms with Gasteiger partial charge >= 0.3 is 11.9 Å². The van der Waals surface area contributed by atoms with Crippen LogP contribution >= 0.6 is 0 Å². The molecule has 1 aromatic carbocycles. The molecule has 0 heterocycles. The van der Waals surface area contributed by atoms with Gasteiger partial charge in [0.15, 0.2) is 0 Å². The van der Waals surface area contributed by atoms with Crippen LogP contribution in [0.25, 0.3) is 0 Å². The number of halogens is 3. The Morgan fingerprint density at radius 3 is 2.46 bits per heavy atom. The number of nitrogens with one attached hydrogen (secondary N) is 1. The number of alkyl halides is 3. The van der Waals surface area contributed by atoms with Crippen molar-refractivity contribution in [1.29, 1.82) is 0 Å². The first-order chi connectivity index (χ1) is 11.1. The van der Waals surface area contributed by atoms with Gasteiger partial charge in [-0.15, -0.1) is 0 Å². The van der Waals surface area contributed by atoms with Crippen LogP contribution in [0.1, 0.15) is 5.56 Å². The molecule has 0 aliphatic carbocycles. The summed E-state index contributed by atoms with van der Waals surface area (Å²) in [5.41, 5.74) is -1.36. The summed E-state index contributed by atoms with van der Waals surface area (Å²) in [6.07, 6.45) is -9.60. The van der Waals surface area contributed by atoms with Crippen LogP contribution in [-0.2, 0) is 6.18 Å². The fourth-order valence-corrected chi connectivity index (χ4v) is 1.67.